The molecule has 1 aromatic rings. The number of alkyl halides is 3. The molecule has 0 saturated heterocycles. The standard InChI is InChI=1S/C8H4F3NO/c1-12-6-2-5(8(9,10)11)3-7(13)4-6/h2-4,13H. The second-order valence-corrected chi connectivity index (χ2v) is 2.35. The third-order valence-electron chi connectivity index (χ3n) is 1.36. The molecule has 0 amide bonds. The molecule has 0 bridgehead atoms. The van der Waals surface area contributed by atoms with Crippen molar-refractivity contribution in [3.63, 3.8) is 0 Å². The minimum atomic E-state index is -4.53. The van der Waals surface area contributed by atoms with Crippen molar-refractivity contribution in [3.05, 3.63) is 35.2 Å². The summed E-state index contributed by atoms with van der Waals surface area (Å²) in [7, 11) is 0. The highest BCUT2D eigenvalue weighted by Crippen LogP contribution is 2.34. The van der Waals surface area contributed by atoms with Gasteiger partial charge in [-0.05, 0) is 18.2 Å². The lowest BCUT2D eigenvalue weighted by Gasteiger charge is -2.06. The Hall–Kier alpha value is -1.70. The first-order chi connectivity index (χ1) is 5.93. The molecule has 0 aliphatic carbocycles. The van der Waals surface area contributed by atoms with Crippen LogP contribution in [0.25, 0.3) is 4.85 Å². The Balaban J connectivity index is 3.26. The molecular weight excluding hydrogens is 183 g/mol. The van der Waals surface area contributed by atoms with Crippen LogP contribution in [0.4, 0.5) is 18.9 Å². The van der Waals surface area contributed by atoms with Gasteiger partial charge in [0.1, 0.15) is 5.75 Å². The topological polar surface area (TPSA) is 24.6 Å². The van der Waals surface area contributed by atoms with Crippen molar-refractivity contribution in [2.45, 2.75) is 6.18 Å². The van der Waals surface area contributed by atoms with Crippen LogP contribution >= 0.6 is 0 Å². The van der Waals surface area contributed by atoms with E-state index in [1.165, 1.54) is 0 Å². The zero-order valence-electron chi connectivity index (χ0n) is 6.26. The normalized spacial score (nSPS) is 10.9. The molecule has 1 N–H and O–H groups in total. The minimum Gasteiger partial charge on any atom is -0.509 e. The lowest BCUT2D eigenvalue weighted by atomic mass is 10.2. The Kier molecular flexibility index (Phi) is 2.15. The second-order valence-electron chi connectivity index (χ2n) is 2.35. The molecule has 0 heterocycles. The number of rotatable bonds is 0. The van der Waals surface area contributed by atoms with Crippen molar-refractivity contribution in [2.75, 3.05) is 0 Å². The first-order valence-electron chi connectivity index (χ1n) is 3.22. The molecule has 0 spiro atoms. The first-order valence-corrected chi connectivity index (χ1v) is 3.22. The second kappa shape index (κ2) is 2.98. The van der Waals surface area contributed by atoms with E-state index in [-0.39, 0.29) is 5.69 Å². The van der Waals surface area contributed by atoms with E-state index in [0.29, 0.717) is 12.1 Å². The fourth-order valence-corrected chi connectivity index (χ4v) is 0.823. The molecule has 0 aromatic heterocycles. The van der Waals surface area contributed by atoms with Crippen molar-refractivity contribution in [1.82, 2.24) is 0 Å². The van der Waals surface area contributed by atoms with Crippen LogP contribution in [0.2, 0.25) is 0 Å². The van der Waals surface area contributed by atoms with E-state index >= 15 is 0 Å². The lowest BCUT2D eigenvalue weighted by Crippen LogP contribution is -2.03. The van der Waals surface area contributed by atoms with E-state index < -0.39 is 17.5 Å². The van der Waals surface area contributed by atoms with Crippen LogP contribution in [0.5, 0.6) is 5.75 Å². The van der Waals surface area contributed by atoms with E-state index in [0.717, 1.165) is 6.07 Å². The SMILES string of the molecule is [C-]#[N+]c1cc(O)cc(C(F)(F)F)c1. The molecular formula is C8H4F3NO. The number of halogens is 3. The third kappa shape index (κ3) is 2.12. The highest BCUT2D eigenvalue weighted by molar-refractivity contribution is 5.52. The quantitative estimate of drug-likeness (QED) is 0.620. The van der Waals surface area contributed by atoms with Gasteiger partial charge in [-0.2, -0.15) is 13.2 Å². The van der Waals surface area contributed by atoms with Gasteiger partial charge in [0.05, 0.1) is 6.57 Å². The van der Waals surface area contributed by atoms with Gasteiger partial charge in [-0.3, -0.25) is 0 Å². The number of phenolic OH excluding ortho intramolecular Hbond substituents is 1. The number of nitrogens with zero attached hydrogens (tertiary/aromatic N) is 1. The van der Waals surface area contributed by atoms with Gasteiger partial charge >= 0.3 is 6.18 Å². The van der Waals surface area contributed by atoms with E-state index in [2.05, 4.69) is 4.85 Å². The molecule has 0 unspecified atom stereocenters. The molecule has 68 valence electrons. The van der Waals surface area contributed by atoms with Crippen LogP contribution in [0.15, 0.2) is 18.2 Å². The summed E-state index contributed by atoms with van der Waals surface area (Å²) in [6.07, 6.45) is -4.53. The third-order valence-corrected chi connectivity index (χ3v) is 1.36. The van der Waals surface area contributed by atoms with Crippen molar-refractivity contribution < 1.29 is 18.3 Å². The molecule has 1 aromatic carbocycles. The Morgan fingerprint density at radius 3 is 2.31 bits per heavy atom. The largest absolute Gasteiger partial charge is 0.509 e. The van der Waals surface area contributed by atoms with Gasteiger partial charge in [-0.25, -0.2) is 4.85 Å². The Labute approximate surface area is 72.1 Å². The minimum absolute atomic E-state index is 0.229. The lowest BCUT2D eigenvalue weighted by molar-refractivity contribution is -0.137. The predicted molar refractivity (Wildman–Crippen MR) is 39.4 cm³/mol. The van der Waals surface area contributed by atoms with Gasteiger partial charge in [0.2, 0.25) is 0 Å². The fourth-order valence-electron chi connectivity index (χ4n) is 0.823. The average molecular weight is 187 g/mol. The van der Waals surface area contributed by atoms with Gasteiger partial charge in [0, 0.05) is 5.56 Å². The van der Waals surface area contributed by atoms with Crippen molar-refractivity contribution in [2.24, 2.45) is 0 Å². The fraction of sp³-hybridized carbons (Fsp3) is 0.125. The Bertz CT molecular complexity index is 365. The summed E-state index contributed by atoms with van der Waals surface area (Å²) in [6.45, 7) is 6.49. The maximum absolute atomic E-state index is 12.1. The molecule has 0 fully saturated rings. The molecule has 0 radical (unpaired) electrons. The monoisotopic (exact) mass is 187 g/mol. The summed E-state index contributed by atoms with van der Waals surface area (Å²) in [5.74, 6) is -0.555. The number of hydrogen-bond acceptors (Lipinski definition) is 1. The maximum Gasteiger partial charge on any atom is 0.415 e. The maximum atomic E-state index is 12.1. The van der Waals surface area contributed by atoms with Crippen LogP contribution < -0.4 is 0 Å². The van der Waals surface area contributed by atoms with Crippen molar-refractivity contribution in [1.29, 1.82) is 0 Å². The molecule has 1 rings (SSSR count). The summed E-state index contributed by atoms with van der Waals surface area (Å²) >= 11 is 0. The van der Waals surface area contributed by atoms with Crippen molar-refractivity contribution in [3.8, 4) is 5.75 Å². The van der Waals surface area contributed by atoms with E-state index in [1.807, 2.05) is 0 Å². The summed E-state index contributed by atoms with van der Waals surface area (Å²) in [6, 6.07) is 2.24. The van der Waals surface area contributed by atoms with Crippen LogP contribution in [0.3, 0.4) is 0 Å². The van der Waals surface area contributed by atoms with Gasteiger partial charge in [-0.15, -0.1) is 0 Å². The first kappa shape index (κ1) is 9.39. The Morgan fingerprint density at radius 2 is 1.85 bits per heavy atom. The molecule has 0 aliphatic rings. The van der Waals surface area contributed by atoms with Crippen molar-refractivity contribution >= 4 is 5.69 Å². The molecule has 5 heteroatoms. The number of hydrogen-bond donors (Lipinski definition) is 1. The van der Waals surface area contributed by atoms with Crippen LogP contribution in [0, 0.1) is 6.57 Å². The number of benzene rings is 1. The highest BCUT2D eigenvalue weighted by Gasteiger charge is 2.30. The number of aromatic hydroxyl groups is 1. The van der Waals surface area contributed by atoms with E-state index in [4.69, 9.17) is 11.7 Å². The van der Waals surface area contributed by atoms with E-state index in [9.17, 15) is 13.2 Å². The van der Waals surface area contributed by atoms with Gasteiger partial charge < -0.3 is 5.11 Å². The summed E-state index contributed by atoms with van der Waals surface area (Å²) in [5, 5.41) is 8.85. The summed E-state index contributed by atoms with van der Waals surface area (Å²) < 4.78 is 36.2. The van der Waals surface area contributed by atoms with Gasteiger partial charge in [0.15, 0.2) is 5.69 Å². The molecule has 0 atom stereocenters. The zero-order chi connectivity index (χ0) is 10.1. The summed E-state index contributed by atoms with van der Waals surface area (Å²) in [4.78, 5) is 2.80. The highest BCUT2D eigenvalue weighted by atomic mass is 19.4. The molecule has 13 heavy (non-hydrogen) atoms. The van der Waals surface area contributed by atoms with Gasteiger partial charge in [0.25, 0.3) is 0 Å². The van der Waals surface area contributed by atoms with Crippen LogP contribution in [-0.4, -0.2) is 5.11 Å². The molecule has 0 aliphatic heterocycles. The molecule has 0 saturated carbocycles. The molecule has 2 nitrogen and oxygen atoms in total. The van der Waals surface area contributed by atoms with Crippen LogP contribution in [-0.2, 0) is 6.18 Å². The van der Waals surface area contributed by atoms with Gasteiger partial charge in [-0.1, -0.05) is 0 Å². The number of phenols is 1. The van der Waals surface area contributed by atoms with Crippen LogP contribution in [0.1, 0.15) is 5.56 Å². The van der Waals surface area contributed by atoms with E-state index in [1.54, 1.807) is 0 Å². The smallest absolute Gasteiger partial charge is 0.415 e. The zero-order valence-corrected chi connectivity index (χ0v) is 6.26. The Morgan fingerprint density at radius 1 is 1.23 bits per heavy atom. The average Bonchev–Trinajstić information content (AvgIpc) is 2.01. The summed E-state index contributed by atoms with van der Waals surface area (Å²) in [5.41, 5.74) is -1.24. The predicted octanol–water partition coefficient (Wildman–Crippen LogP) is 2.96.